The SMILES string of the molecule is Cc1cc([N+](=O)[O-])cc(CC#N)c1C#N. The maximum Gasteiger partial charge on any atom is 0.270 e. The van der Waals surface area contributed by atoms with Crippen molar-refractivity contribution < 1.29 is 4.92 Å². The lowest BCUT2D eigenvalue weighted by Gasteiger charge is -2.02. The Morgan fingerprint density at radius 3 is 2.60 bits per heavy atom. The topological polar surface area (TPSA) is 90.7 Å². The first-order valence-corrected chi connectivity index (χ1v) is 4.15. The van der Waals surface area contributed by atoms with Crippen LogP contribution in [0.1, 0.15) is 16.7 Å². The van der Waals surface area contributed by atoms with Gasteiger partial charge in [-0.25, -0.2) is 0 Å². The molecule has 0 radical (unpaired) electrons. The number of hydrogen-bond acceptors (Lipinski definition) is 4. The fraction of sp³-hybridized carbons (Fsp3) is 0.200. The summed E-state index contributed by atoms with van der Waals surface area (Å²) in [6, 6.07) is 6.42. The zero-order chi connectivity index (χ0) is 11.4. The summed E-state index contributed by atoms with van der Waals surface area (Å²) in [4.78, 5) is 10.0. The molecule has 0 unspecified atom stereocenters. The highest BCUT2D eigenvalue weighted by Gasteiger charge is 2.13. The molecule has 0 aromatic heterocycles. The molecule has 15 heavy (non-hydrogen) atoms. The summed E-state index contributed by atoms with van der Waals surface area (Å²) in [5.41, 5.74) is 1.20. The summed E-state index contributed by atoms with van der Waals surface area (Å²) in [6.45, 7) is 1.62. The molecule has 1 rings (SSSR count). The second-order valence-corrected chi connectivity index (χ2v) is 3.00. The lowest BCUT2D eigenvalue weighted by atomic mass is 10.00. The molecular formula is C10H7N3O2. The maximum atomic E-state index is 10.5. The van der Waals surface area contributed by atoms with E-state index in [1.807, 2.05) is 12.1 Å². The van der Waals surface area contributed by atoms with Crippen LogP contribution < -0.4 is 0 Å². The molecule has 0 bridgehead atoms. The highest BCUT2D eigenvalue weighted by Crippen LogP contribution is 2.21. The Bertz CT molecular complexity index is 495. The second kappa shape index (κ2) is 4.21. The molecule has 74 valence electrons. The van der Waals surface area contributed by atoms with E-state index in [1.165, 1.54) is 12.1 Å². The minimum atomic E-state index is -0.533. The molecule has 1 aromatic rings. The molecule has 0 aliphatic heterocycles. The van der Waals surface area contributed by atoms with Crippen molar-refractivity contribution in [3.8, 4) is 12.1 Å². The summed E-state index contributed by atoms with van der Waals surface area (Å²) in [5.74, 6) is 0. The number of nitrogens with zero attached hydrogens (tertiary/aromatic N) is 3. The minimum absolute atomic E-state index is 0.00537. The van der Waals surface area contributed by atoms with Gasteiger partial charge in [0.1, 0.15) is 0 Å². The molecule has 5 nitrogen and oxygen atoms in total. The highest BCUT2D eigenvalue weighted by molar-refractivity contribution is 5.51. The van der Waals surface area contributed by atoms with Crippen LogP contribution in [0.3, 0.4) is 0 Å². The molecule has 0 atom stereocenters. The van der Waals surface area contributed by atoms with Crippen LogP contribution in [-0.4, -0.2) is 4.92 Å². The Balaban J connectivity index is 3.41. The molecule has 1 aromatic carbocycles. The van der Waals surface area contributed by atoms with E-state index >= 15 is 0 Å². The molecule has 0 saturated heterocycles. The number of nitro groups is 1. The number of benzene rings is 1. The molecule has 0 heterocycles. The zero-order valence-corrected chi connectivity index (χ0v) is 8.02. The summed E-state index contributed by atoms with van der Waals surface area (Å²) in [6.07, 6.45) is 0.00537. The van der Waals surface area contributed by atoms with Gasteiger partial charge in [-0.1, -0.05) is 0 Å². The molecule has 0 fully saturated rings. The summed E-state index contributed by atoms with van der Waals surface area (Å²) in [5, 5.41) is 27.9. The van der Waals surface area contributed by atoms with Gasteiger partial charge >= 0.3 is 0 Å². The van der Waals surface area contributed by atoms with E-state index in [2.05, 4.69) is 0 Å². The Morgan fingerprint density at radius 1 is 1.47 bits per heavy atom. The van der Waals surface area contributed by atoms with Gasteiger partial charge < -0.3 is 0 Å². The summed E-state index contributed by atoms with van der Waals surface area (Å²) in [7, 11) is 0. The molecule has 0 amide bonds. The van der Waals surface area contributed by atoms with E-state index in [0.717, 1.165) is 0 Å². The number of hydrogen-bond donors (Lipinski definition) is 0. The first kappa shape index (κ1) is 10.7. The third kappa shape index (κ3) is 2.09. The summed E-state index contributed by atoms with van der Waals surface area (Å²) >= 11 is 0. The quantitative estimate of drug-likeness (QED) is 0.539. The van der Waals surface area contributed by atoms with Crippen LogP contribution in [0, 0.1) is 39.7 Å². The monoisotopic (exact) mass is 201 g/mol. The number of rotatable bonds is 2. The van der Waals surface area contributed by atoms with Crippen molar-refractivity contribution in [3.05, 3.63) is 38.9 Å². The van der Waals surface area contributed by atoms with Gasteiger partial charge in [-0.3, -0.25) is 10.1 Å². The van der Waals surface area contributed by atoms with Crippen molar-refractivity contribution in [2.75, 3.05) is 0 Å². The van der Waals surface area contributed by atoms with E-state index in [9.17, 15) is 10.1 Å². The van der Waals surface area contributed by atoms with Gasteiger partial charge in [0.05, 0.1) is 29.0 Å². The van der Waals surface area contributed by atoms with Crippen LogP contribution >= 0.6 is 0 Å². The average molecular weight is 201 g/mol. The number of non-ortho nitro benzene ring substituents is 1. The van der Waals surface area contributed by atoms with Crippen molar-refractivity contribution in [2.24, 2.45) is 0 Å². The molecule has 0 aliphatic rings. The maximum absolute atomic E-state index is 10.5. The van der Waals surface area contributed by atoms with Crippen molar-refractivity contribution in [3.63, 3.8) is 0 Å². The Hall–Kier alpha value is -2.40. The zero-order valence-electron chi connectivity index (χ0n) is 8.02. The average Bonchev–Trinajstić information content (AvgIpc) is 2.17. The van der Waals surface area contributed by atoms with Crippen LogP contribution in [0.2, 0.25) is 0 Å². The first-order chi connectivity index (χ1) is 7.10. The fourth-order valence-corrected chi connectivity index (χ4v) is 1.33. The molecule has 5 heteroatoms. The van der Waals surface area contributed by atoms with Crippen molar-refractivity contribution in [1.82, 2.24) is 0 Å². The predicted octanol–water partition coefficient (Wildman–Crippen LogP) is 1.84. The lowest BCUT2D eigenvalue weighted by molar-refractivity contribution is -0.385. The summed E-state index contributed by atoms with van der Waals surface area (Å²) < 4.78 is 0. The Kier molecular flexibility index (Phi) is 3.00. The van der Waals surface area contributed by atoms with Crippen LogP contribution in [0.4, 0.5) is 5.69 Å². The normalized spacial score (nSPS) is 9.00. The number of nitro benzene ring substituents is 1. The van der Waals surface area contributed by atoms with Gasteiger partial charge in [0.25, 0.3) is 5.69 Å². The minimum Gasteiger partial charge on any atom is -0.258 e. The lowest BCUT2D eigenvalue weighted by Crippen LogP contribution is -1.96. The van der Waals surface area contributed by atoms with Crippen LogP contribution in [0.15, 0.2) is 12.1 Å². The fourth-order valence-electron chi connectivity index (χ4n) is 1.33. The predicted molar refractivity (Wildman–Crippen MR) is 51.9 cm³/mol. The molecule has 0 saturated carbocycles. The van der Waals surface area contributed by atoms with Crippen molar-refractivity contribution in [1.29, 1.82) is 10.5 Å². The Morgan fingerprint density at radius 2 is 2.13 bits per heavy atom. The van der Waals surface area contributed by atoms with Gasteiger partial charge in [-0.15, -0.1) is 0 Å². The van der Waals surface area contributed by atoms with Crippen molar-refractivity contribution in [2.45, 2.75) is 13.3 Å². The van der Waals surface area contributed by atoms with Gasteiger partial charge in [-0.05, 0) is 18.1 Å². The molecule has 0 aliphatic carbocycles. The standard InChI is InChI=1S/C10H7N3O2/c1-7-4-9(13(14)15)5-8(2-3-11)10(7)6-12/h4-5H,2H2,1H3. The van der Waals surface area contributed by atoms with E-state index in [1.54, 1.807) is 6.92 Å². The van der Waals surface area contributed by atoms with Gasteiger partial charge in [-0.2, -0.15) is 10.5 Å². The van der Waals surface area contributed by atoms with E-state index in [0.29, 0.717) is 16.7 Å². The second-order valence-electron chi connectivity index (χ2n) is 3.00. The Labute approximate surface area is 86.3 Å². The molecule has 0 spiro atoms. The van der Waals surface area contributed by atoms with Gasteiger partial charge in [0, 0.05) is 12.1 Å². The van der Waals surface area contributed by atoms with Crippen LogP contribution in [0.5, 0.6) is 0 Å². The first-order valence-electron chi connectivity index (χ1n) is 4.15. The molecular weight excluding hydrogens is 194 g/mol. The largest absolute Gasteiger partial charge is 0.270 e. The van der Waals surface area contributed by atoms with Crippen molar-refractivity contribution >= 4 is 5.69 Å². The number of aryl methyl sites for hydroxylation is 1. The highest BCUT2D eigenvalue weighted by atomic mass is 16.6. The molecule has 0 N–H and O–H groups in total. The smallest absolute Gasteiger partial charge is 0.258 e. The van der Waals surface area contributed by atoms with E-state index in [-0.39, 0.29) is 12.1 Å². The number of nitriles is 2. The van der Waals surface area contributed by atoms with E-state index < -0.39 is 4.92 Å². The third-order valence-electron chi connectivity index (χ3n) is 1.99. The van der Waals surface area contributed by atoms with Crippen LogP contribution in [0.25, 0.3) is 0 Å². The van der Waals surface area contributed by atoms with Gasteiger partial charge in [0.15, 0.2) is 0 Å². The van der Waals surface area contributed by atoms with E-state index in [4.69, 9.17) is 10.5 Å². The third-order valence-corrected chi connectivity index (χ3v) is 1.99. The van der Waals surface area contributed by atoms with Gasteiger partial charge in [0.2, 0.25) is 0 Å². The van der Waals surface area contributed by atoms with Crippen LogP contribution in [-0.2, 0) is 6.42 Å².